The normalized spacial score (nSPS) is 11.1. The maximum Gasteiger partial charge on any atom is 0.295 e. The van der Waals surface area contributed by atoms with Crippen molar-refractivity contribution in [2.24, 2.45) is 14.1 Å². The van der Waals surface area contributed by atoms with E-state index in [1.54, 1.807) is 18.2 Å². The Bertz CT molecular complexity index is 960. The standard InChI is InChI=1S/C16H16N2O2.CH5NO3S/c1-17-12-7-3-4-8-13(12)18(2)16(17)11-20-15-10-6-5-9-14(15)19;1-2-6(3,4)5/h3-10H,11H2,1-2H3;2H,1H3,(H,3,4,5). The fraction of sp³-hybridized carbons (Fsp3) is 0.235. The molecule has 0 aliphatic heterocycles. The number of ether oxygens (including phenoxy) is 1. The molecule has 0 saturated heterocycles. The molecule has 140 valence electrons. The number of nitrogens with zero attached hydrogens (tertiary/aromatic N) is 2. The molecule has 0 bridgehead atoms. The van der Waals surface area contributed by atoms with Crippen molar-refractivity contribution in [1.29, 1.82) is 0 Å². The summed E-state index contributed by atoms with van der Waals surface area (Å²) in [4.78, 5) is 0. The third kappa shape index (κ3) is 4.72. The maximum atomic E-state index is 9.73. The highest BCUT2D eigenvalue weighted by Crippen LogP contribution is 2.25. The smallest absolute Gasteiger partial charge is 0.295 e. The Morgan fingerprint density at radius 2 is 1.77 bits per heavy atom. The lowest BCUT2D eigenvalue weighted by Gasteiger charge is -2.06. The van der Waals surface area contributed by atoms with Crippen LogP contribution in [0.25, 0.3) is 11.0 Å². The summed E-state index contributed by atoms with van der Waals surface area (Å²) in [5.74, 6) is 1.70. The van der Waals surface area contributed by atoms with Crippen LogP contribution in [-0.4, -0.2) is 29.7 Å². The first-order chi connectivity index (χ1) is 12.2. The minimum atomic E-state index is -4.16. The molecule has 0 aliphatic rings. The molecule has 2 aromatic carbocycles. The Kier molecular flexibility index (Phi) is 6.19. The van der Waals surface area contributed by atoms with Gasteiger partial charge in [0, 0.05) is 0 Å². The molecule has 3 aromatic rings. The topological polar surface area (TPSA) is 108 Å². The molecule has 0 radical (unpaired) electrons. The highest BCUT2D eigenvalue weighted by atomic mass is 32.2. The average Bonchev–Trinajstić information content (AvgIpc) is 2.86. The van der Waals surface area contributed by atoms with E-state index < -0.39 is 10.3 Å². The first-order valence-electron chi connectivity index (χ1n) is 7.72. The lowest BCUT2D eigenvalue weighted by Crippen LogP contribution is -2.33. The number of nitrogens with one attached hydrogen (secondary N) is 1. The van der Waals surface area contributed by atoms with E-state index in [-0.39, 0.29) is 5.75 Å². The van der Waals surface area contributed by atoms with Gasteiger partial charge >= 0.3 is 0 Å². The number of para-hydroxylation sites is 4. The van der Waals surface area contributed by atoms with Gasteiger partial charge in [-0.05, 0) is 31.3 Å². The summed E-state index contributed by atoms with van der Waals surface area (Å²) in [6.45, 7) is 0.402. The lowest BCUT2D eigenvalue weighted by molar-refractivity contribution is -0.655. The molecule has 1 aromatic heterocycles. The highest BCUT2D eigenvalue weighted by molar-refractivity contribution is 7.83. The summed E-state index contributed by atoms with van der Waals surface area (Å²) < 4.78 is 39.5. The van der Waals surface area contributed by atoms with Crippen molar-refractivity contribution in [3.63, 3.8) is 0 Å². The van der Waals surface area contributed by atoms with Crippen LogP contribution < -0.4 is 14.0 Å². The number of aryl methyl sites for hydroxylation is 2. The molecule has 8 nitrogen and oxygen atoms in total. The molecule has 3 rings (SSSR count). The summed E-state index contributed by atoms with van der Waals surface area (Å²) in [6, 6.07) is 15.2. The molecule has 0 fully saturated rings. The van der Waals surface area contributed by atoms with E-state index in [4.69, 9.17) is 4.74 Å². The number of benzene rings is 2. The second-order valence-corrected chi connectivity index (χ2v) is 6.75. The molecule has 0 aliphatic carbocycles. The molecule has 9 heteroatoms. The van der Waals surface area contributed by atoms with Crippen molar-refractivity contribution < 1.29 is 27.4 Å². The molecule has 2 N–H and O–H groups in total. The van der Waals surface area contributed by atoms with Crippen molar-refractivity contribution >= 4 is 21.3 Å². The summed E-state index contributed by atoms with van der Waals surface area (Å²) in [7, 11) is 0.935. The van der Waals surface area contributed by atoms with Gasteiger partial charge in [0.1, 0.15) is 0 Å². The van der Waals surface area contributed by atoms with E-state index >= 15 is 0 Å². The average molecular weight is 379 g/mol. The Labute approximate surface area is 152 Å². The van der Waals surface area contributed by atoms with Crippen LogP contribution in [0.15, 0.2) is 48.5 Å². The third-order valence-electron chi connectivity index (χ3n) is 3.85. The molecule has 1 heterocycles. The second kappa shape index (κ2) is 8.17. The molecule has 26 heavy (non-hydrogen) atoms. The molecular weight excluding hydrogens is 358 g/mol. The number of aromatic hydroxyl groups is 1. The first kappa shape index (κ1) is 19.7. The summed E-state index contributed by atoms with van der Waals surface area (Å²) in [5, 5.41) is 9.73. The van der Waals surface area contributed by atoms with E-state index in [1.165, 1.54) is 4.72 Å². The zero-order valence-electron chi connectivity index (χ0n) is 14.7. The van der Waals surface area contributed by atoms with Crippen LogP contribution in [0.2, 0.25) is 0 Å². The van der Waals surface area contributed by atoms with Crippen molar-refractivity contribution in [1.82, 2.24) is 9.29 Å². The maximum absolute atomic E-state index is 9.73. The van der Waals surface area contributed by atoms with Crippen LogP contribution >= 0.6 is 0 Å². The molecule has 0 saturated carbocycles. The van der Waals surface area contributed by atoms with Gasteiger partial charge in [-0.3, -0.25) is 0 Å². The van der Waals surface area contributed by atoms with Gasteiger partial charge in [0.15, 0.2) is 39.4 Å². The van der Waals surface area contributed by atoms with Crippen LogP contribution in [0, 0.1) is 0 Å². The number of hydrogen-bond acceptors (Lipinski definition) is 5. The van der Waals surface area contributed by atoms with Gasteiger partial charge in [0.05, 0.1) is 14.1 Å². The highest BCUT2D eigenvalue weighted by Gasteiger charge is 2.20. The molecular formula is C17H21N3O5S. The van der Waals surface area contributed by atoms with Gasteiger partial charge in [0.2, 0.25) is 0 Å². The van der Waals surface area contributed by atoms with Crippen molar-refractivity contribution in [3.8, 4) is 11.5 Å². The number of imidazole rings is 1. The van der Waals surface area contributed by atoms with Gasteiger partial charge in [0.25, 0.3) is 5.82 Å². The van der Waals surface area contributed by atoms with Crippen LogP contribution in [0.3, 0.4) is 0 Å². The molecule has 0 unspecified atom stereocenters. The number of aromatic nitrogens is 2. The van der Waals surface area contributed by atoms with E-state index in [2.05, 4.69) is 21.3 Å². The SMILES string of the molecule is CNS(=O)(=O)[O-].Cn1c(COc2ccccc2O)[n+](C)c2ccccc21. The quantitative estimate of drug-likeness (QED) is 0.518. The Balaban J connectivity index is 0.000000352. The fourth-order valence-electron chi connectivity index (χ4n) is 2.45. The zero-order valence-corrected chi connectivity index (χ0v) is 15.5. The summed E-state index contributed by atoms with van der Waals surface area (Å²) in [5.41, 5.74) is 2.32. The monoisotopic (exact) mass is 379 g/mol. The number of hydrogen-bond donors (Lipinski definition) is 2. The predicted octanol–water partition coefficient (Wildman–Crippen LogP) is 0.953. The van der Waals surface area contributed by atoms with Gasteiger partial charge in [-0.15, -0.1) is 0 Å². The van der Waals surface area contributed by atoms with Crippen LogP contribution in [0.1, 0.15) is 5.82 Å². The van der Waals surface area contributed by atoms with E-state index in [0.717, 1.165) is 23.9 Å². The van der Waals surface area contributed by atoms with E-state index in [9.17, 15) is 18.1 Å². The van der Waals surface area contributed by atoms with Gasteiger partial charge in [-0.25, -0.2) is 22.3 Å². The Hall–Kier alpha value is -2.62. The van der Waals surface area contributed by atoms with Gasteiger partial charge in [-0.1, -0.05) is 24.3 Å². The number of phenolic OH excluding ortho intramolecular Hbond substituents is 1. The lowest BCUT2D eigenvalue weighted by atomic mass is 10.3. The minimum Gasteiger partial charge on any atom is -0.735 e. The number of fused-ring (bicyclic) bond motifs is 1. The third-order valence-corrected chi connectivity index (χ3v) is 4.35. The van der Waals surface area contributed by atoms with Gasteiger partial charge < -0.3 is 14.4 Å². The molecule has 0 atom stereocenters. The fourth-order valence-corrected chi connectivity index (χ4v) is 2.45. The predicted molar refractivity (Wildman–Crippen MR) is 95.3 cm³/mol. The number of rotatable bonds is 4. The zero-order chi connectivity index (χ0) is 19.3. The summed E-state index contributed by atoms with van der Waals surface area (Å²) >= 11 is 0. The van der Waals surface area contributed by atoms with Crippen LogP contribution in [-0.2, 0) is 31.0 Å². The van der Waals surface area contributed by atoms with E-state index in [0.29, 0.717) is 12.4 Å². The minimum absolute atomic E-state index is 0.161. The van der Waals surface area contributed by atoms with E-state index in [1.807, 2.05) is 32.3 Å². The molecule has 0 spiro atoms. The second-order valence-electron chi connectivity index (χ2n) is 5.44. The van der Waals surface area contributed by atoms with Gasteiger partial charge in [-0.2, -0.15) is 0 Å². The van der Waals surface area contributed by atoms with Crippen molar-refractivity contribution in [2.75, 3.05) is 7.05 Å². The largest absolute Gasteiger partial charge is 0.735 e. The Morgan fingerprint density at radius 3 is 2.35 bits per heavy atom. The van der Waals surface area contributed by atoms with Crippen molar-refractivity contribution in [3.05, 3.63) is 54.4 Å². The Morgan fingerprint density at radius 1 is 1.19 bits per heavy atom. The van der Waals surface area contributed by atoms with Crippen LogP contribution in [0.5, 0.6) is 11.5 Å². The van der Waals surface area contributed by atoms with Crippen molar-refractivity contribution in [2.45, 2.75) is 6.61 Å². The summed E-state index contributed by atoms with van der Waals surface area (Å²) in [6.07, 6.45) is 0. The first-order valence-corrected chi connectivity index (χ1v) is 9.13. The van der Waals surface area contributed by atoms with Crippen LogP contribution in [0.4, 0.5) is 0 Å². The number of phenols is 1. The molecule has 0 amide bonds.